The molecule has 0 aromatic heterocycles. The maximum Gasteiger partial charge on any atom is 0.129 e. The summed E-state index contributed by atoms with van der Waals surface area (Å²) in [5.74, 6) is -0.389. The van der Waals surface area contributed by atoms with E-state index in [1.54, 1.807) is 0 Å². The molecule has 0 spiro atoms. The Balaban J connectivity index is 3.11. The average molecular weight is 236 g/mol. The van der Waals surface area contributed by atoms with Crippen LogP contribution in [-0.4, -0.2) is 0 Å². The minimum absolute atomic E-state index is 0.229. The van der Waals surface area contributed by atoms with Gasteiger partial charge in [0.05, 0.1) is 10.0 Å². The first-order valence-corrected chi connectivity index (χ1v) is 5.22. The largest absolute Gasteiger partial charge is 0.324 e. The summed E-state index contributed by atoms with van der Waals surface area (Å²) in [5.41, 5.74) is 6.11. The highest BCUT2D eigenvalue weighted by atomic mass is 35.5. The van der Waals surface area contributed by atoms with Crippen molar-refractivity contribution in [3.05, 3.63) is 33.6 Å². The fraction of sp³-hybridized carbons (Fsp3) is 0.400. The van der Waals surface area contributed by atoms with Crippen LogP contribution in [0.1, 0.15) is 31.4 Å². The summed E-state index contributed by atoms with van der Waals surface area (Å²) in [5, 5.41) is 0.572. The van der Waals surface area contributed by atoms with Crippen molar-refractivity contribution in [2.45, 2.75) is 25.8 Å². The van der Waals surface area contributed by atoms with Crippen LogP contribution in [0.2, 0.25) is 10.0 Å². The third-order valence-corrected chi connectivity index (χ3v) is 2.87. The van der Waals surface area contributed by atoms with E-state index < -0.39 is 0 Å². The summed E-state index contributed by atoms with van der Waals surface area (Å²) in [4.78, 5) is 0. The zero-order valence-corrected chi connectivity index (χ0v) is 9.37. The van der Waals surface area contributed by atoms with Gasteiger partial charge in [0, 0.05) is 11.6 Å². The van der Waals surface area contributed by atoms with Gasteiger partial charge in [0.1, 0.15) is 5.82 Å². The topological polar surface area (TPSA) is 26.0 Å². The first-order valence-electron chi connectivity index (χ1n) is 4.46. The molecule has 0 aliphatic heterocycles. The molecule has 1 atom stereocenters. The molecule has 1 nitrogen and oxygen atoms in total. The Morgan fingerprint density at radius 2 is 2.07 bits per heavy atom. The lowest BCUT2D eigenvalue weighted by Crippen LogP contribution is -2.12. The molecular formula is C10H12Cl2FN. The summed E-state index contributed by atoms with van der Waals surface area (Å²) >= 11 is 11.7. The standard InChI is InChI=1S/C10H12Cl2FN/c1-2-3-8(14)9-7(13)5-4-6(11)10(9)12/h4-5,8H,2-3,14H2,1H3/t8-/m0/s1. The van der Waals surface area contributed by atoms with Gasteiger partial charge in [0.2, 0.25) is 0 Å². The van der Waals surface area contributed by atoms with E-state index in [1.807, 2.05) is 6.92 Å². The lowest BCUT2D eigenvalue weighted by Gasteiger charge is -2.14. The number of hydrogen-bond acceptors (Lipinski definition) is 1. The summed E-state index contributed by atoms with van der Waals surface area (Å²) < 4.78 is 13.4. The highest BCUT2D eigenvalue weighted by Gasteiger charge is 2.16. The molecule has 1 aromatic rings. The summed E-state index contributed by atoms with van der Waals surface area (Å²) in [6.07, 6.45) is 1.57. The summed E-state index contributed by atoms with van der Waals surface area (Å²) in [7, 11) is 0. The Bertz CT molecular complexity index is 328. The van der Waals surface area contributed by atoms with Gasteiger partial charge in [0.25, 0.3) is 0 Å². The minimum Gasteiger partial charge on any atom is -0.324 e. The van der Waals surface area contributed by atoms with Crippen molar-refractivity contribution < 1.29 is 4.39 Å². The van der Waals surface area contributed by atoms with Crippen molar-refractivity contribution in [1.29, 1.82) is 0 Å². The molecule has 0 saturated carbocycles. The van der Waals surface area contributed by atoms with Crippen molar-refractivity contribution >= 4 is 23.2 Å². The van der Waals surface area contributed by atoms with Crippen LogP contribution in [-0.2, 0) is 0 Å². The quantitative estimate of drug-likeness (QED) is 0.790. The van der Waals surface area contributed by atoms with E-state index >= 15 is 0 Å². The number of benzene rings is 1. The van der Waals surface area contributed by atoms with Gasteiger partial charge in [-0.3, -0.25) is 0 Å². The third kappa shape index (κ3) is 2.38. The van der Waals surface area contributed by atoms with Crippen molar-refractivity contribution in [3.63, 3.8) is 0 Å². The molecule has 2 N–H and O–H groups in total. The number of hydrogen-bond donors (Lipinski definition) is 1. The Morgan fingerprint density at radius 3 is 2.64 bits per heavy atom. The van der Waals surface area contributed by atoms with Gasteiger partial charge in [-0.1, -0.05) is 36.5 Å². The van der Waals surface area contributed by atoms with Crippen LogP contribution in [0.4, 0.5) is 4.39 Å². The van der Waals surface area contributed by atoms with E-state index in [2.05, 4.69) is 0 Å². The lowest BCUT2D eigenvalue weighted by molar-refractivity contribution is 0.560. The molecule has 0 aliphatic rings. The summed E-state index contributed by atoms with van der Waals surface area (Å²) in [6.45, 7) is 1.98. The number of halogens is 3. The second-order valence-electron chi connectivity index (χ2n) is 3.15. The minimum atomic E-state index is -0.389. The zero-order valence-electron chi connectivity index (χ0n) is 7.86. The lowest BCUT2D eigenvalue weighted by atomic mass is 10.0. The Kier molecular flexibility index (Phi) is 4.17. The van der Waals surface area contributed by atoms with Gasteiger partial charge < -0.3 is 5.73 Å². The molecule has 0 fully saturated rings. The fourth-order valence-electron chi connectivity index (χ4n) is 1.34. The van der Waals surface area contributed by atoms with Gasteiger partial charge in [0.15, 0.2) is 0 Å². The van der Waals surface area contributed by atoms with E-state index in [1.165, 1.54) is 12.1 Å². The van der Waals surface area contributed by atoms with E-state index in [0.29, 0.717) is 17.0 Å². The van der Waals surface area contributed by atoms with Gasteiger partial charge in [-0.25, -0.2) is 4.39 Å². The van der Waals surface area contributed by atoms with E-state index in [-0.39, 0.29) is 16.9 Å². The van der Waals surface area contributed by atoms with Crippen molar-refractivity contribution in [2.75, 3.05) is 0 Å². The molecule has 4 heteroatoms. The molecule has 78 valence electrons. The van der Waals surface area contributed by atoms with E-state index in [9.17, 15) is 4.39 Å². The maximum atomic E-state index is 13.4. The fourth-order valence-corrected chi connectivity index (χ4v) is 1.80. The Labute approximate surface area is 93.0 Å². The molecule has 0 amide bonds. The molecule has 1 rings (SSSR count). The number of rotatable bonds is 3. The van der Waals surface area contributed by atoms with E-state index in [4.69, 9.17) is 28.9 Å². The van der Waals surface area contributed by atoms with E-state index in [0.717, 1.165) is 6.42 Å². The first kappa shape index (κ1) is 11.8. The molecule has 0 unspecified atom stereocenters. The third-order valence-electron chi connectivity index (χ3n) is 2.05. The van der Waals surface area contributed by atoms with Gasteiger partial charge >= 0.3 is 0 Å². The maximum absolute atomic E-state index is 13.4. The van der Waals surface area contributed by atoms with Crippen LogP contribution in [0.25, 0.3) is 0 Å². The van der Waals surface area contributed by atoms with Crippen molar-refractivity contribution in [1.82, 2.24) is 0 Å². The normalized spacial score (nSPS) is 12.9. The van der Waals surface area contributed by atoms with Crippen LogP contribution in [0.15, 0.2) is 12.1 Å². The molecule has 14 heavy (non-hydrogen) atoms. The van der Waals surface area contributed by atoms with Gasteiger partial charge in [-0.05, 0) is 18.6 Å². The Morgan fingerprint density at radius 1 is 1.43 bits per heavy atom. The predicted octanol–water partition coefficient (Wildman–Crippen LogP) is 3.93. The molecule has 1 aromatic carbocycles. The molecule has 0 radical (unpaired) electrons. The van der Waals surface area contributed by atoms with Gasteiger partial charge in [-0.2, -0.15) is 0 Å². The smallest absolute Gasteiger partial charge is 0.129 e. The monoisotopic (exact) mass is 235 g/mol. The number of nitrogens with two attached hydrogens (primary N) is 1. The van der Waals surface area contributed by atoms with Crippen molar-refractivity contribution in [3.8, 4) is 0 Å². The second kappa shape index (κ2) is 4.96. The second-order valence-corrected chi connectivity index (χ2v) is 3.94. The highest BCUT2D eigenvalue weighted by Crippen LogP contribution is 2.32. The molecule has 0 heterocycles. The zero-order chi connectivity index (χ0) is 10.7. The molecule has 0 saturated heterocycles. The highest BCUT2D eigenvalue weighted by molar-refractivity contribution is 6.42. The Hall–Kier alpha value is -0.310. The molecule has 0 bridgehead atoms. The van der Waals surface area contributed by atoms with Crippen LogP contribution in [0.3, 0.4) is 0 Å². The molecule has 0 aliphatic carbocycles. The van der Waals surface area contributed by atoms with Crippen LogP contribution in [0, 0.1) is 5.82 Å². The molecular weight excluding hydrogens is 224 g/mol. The van der Waals surface area contributed by atoms with Gasteiger partial charge in [-0.15, -0.1) is 0 Å². The first-order chi connectivity index (χ1) is 6.57. The van der Waals surface area contributed by atoms with Crippen LogP contribution >= 0.6 is 23.2 Å². The summed E-state index contributed by atoms with van der Waals surface area (Å²) in [6, 6.07) is 2.34. The van der Waals surface area contributed by atoms with Crippen LogP contribution < -0.4 is 5.73 Å². The van der Waals surface area contributed by atoms with Crippen molar-refractivity contribution in [2.24, 2.45) is 5.73 Å². The average Bonchev–Trinajstić information content (AvgIpc) is 2.13. The SMILES string of the molecule is CCC[C@H](N)c1c(F)ccc(Cl)c1Cl. The van der Waals surface area contributed by atoms with Crippen LogP contribution in [0.5, 0.6) is 0 Å². The predicted molar refractivity (Wildman–Crippen MR) is 58.3 cm³/mol.